The molecule has 1 atom stereocenters. The molecule has 0 saturated heterocycles. The number of nitrogens with one attached hydrogen (secondary N) is 1. The molecular weight excluding hydrogens is 445 g/mol. The number of hydrogen-bond acceptors (Lipinski definition) is 3. The van der Waals surface area contributed by atoms with E-state index in [2.05, 4.69) is 10.2 Å². The molecule has 5 rings (SSSR count). The largest absolute Gasteiger partial charge is 0.497 e. The summed E-state index contributed by atoms with van der Waals surface area (Å²) in [4.78, 5) is 15.3. The van der Waals surface area contributed by atoms with Crippen LogP contribution in [0, 0.1) is 0 Å². The molecule has 1 aliphatic heterocycles. The standard InChI is InChI=1S/C25H19Cl2N3O2/c1-32-20-12-6-17(7-13-20)24-21-22(16-4-10-19(27)11-5-16)28-29-23(21)25(31)30(24)14-15-2-8-18(26)9-3-15/h2-13,24H,14H2,1H3,(H,28,29). The summed E-state index contributed by atoms with van der Waals surface area (Å²) in [5.41, 5.74) is 4.97. The number of benzene rings is 3. The Hall–Kier alpha value is -3.28. The number of H-pyrrole nitrogens is 1. The Labute approximate surface area is 195 Å². The minimum atomic E-state index is -0.302. The molecule has 4 aromatic rings. The number of aromatic amines is 1. The van der Waals surface area contributed by atoms with Crippen molar-refractivity contribution < 1.29 is 9.53 Å². The number of carbonyl (C=O) groups is 1. The Bertz CT molecular complexity index is 1270. The van der Waals surface area contributed by atoms with Crippen molar-refractivity contribution in [2.45, 2.75) is 12.6 Å². The first-order chi connectivity index (χ1) is 15.5. The van der Waals surface area contributed by atoms with Crippen molar-refractivity contribution in [1.82, 2.24) is 15.1 Å². The molecule has 1 aromatic heterocycles. The van der Waals surface area contributed by atoms with Crippen molar-refractivity contribution in [1.29, 1.82) is 0 Å². The molecule has 5 nitrogen and oxygen atoms in total. The first-order valence-electron chi connectivity index (χ1n) is 10.1. The molecule has 1 aliphatic rings. The highest BCUT2D eigenvalue weighted by atomic mass is 35.5. The average molecular weight is 464 g/mol. The Morgan fingerprint density at radius 1 is 0.938 bits per heavy atom. The predicted octanol–water partition coefficient (Wildman–Crippen LogP) is 6.14. The van der Waals surface area contributed by atoms with Gasteiger partial charge < -0.3 is 9.64 Å². The highest BCUT2D eigenvalue weighted by molar-refractivity contribution is 6.30. The van der Waals surface area contributed by atoms with Crippen molar-refractivity contribution >= 4 is 29.1 Å². The van der Waals surface area contributed by atoms with Crippen molar-refractivity contribution in [2.24, 2.45) is 0 Å². The number of fused-ring (bicyclic) bond motifs is 1. The Kier molecular flexibility index (Phi) is 5.37. The summed E-state index contributed by atoms with van der Waals surface area (Å²) in [7, 11) is 1.63. The van der Waals surface area contributed by atoms with E-state index in [1.54, 1.807) is 7.11 Å². The fourth-order valence-corrected chi connectivity index (χ4v) is 4.36. The summed E-state index contributed by atoms with van der Waals surface area (Å²) in [6, 6.07) is 22.5. The molecule has 1 N–H and O–H groups in total. The Morgan fingerprint density at radius 3 is 2.19 bits per heavy atom. The predicted molar refractivity (Wildman–Crippen MR) is 125 cm³/mol. The van der Waals surface area contributed by atoms with Crippen LogP contribution in [0.2, 0.25) is 10.0 Å². The summed E-state index contributed by atoms with van der Waals surface area (Å²) in [6.07, 6.45) is 0. The zero-order valence-electron chi connectivity index (χ0n) is 17.2. The summed E-state index contributed by atoms with van der Waals surface area (Å²) in [6.45, 7) is 0.440. The third-order valence-electron chi connectivity index (χ3n) is 5.68. The van der Waals surface area contributed by atoms with Crippen molar-refractivity contribution in [3.63, 3.8) is 0 Å². The second kappa shape index (κ2) is 8.34. The molecule has 0 radical (unpaired) electrons. The van der Waals surface area contributed by atoms with Gasteiger partial charge in [-0.1, -0.05) is 59.6 Å². The summed E-state index contributed by atoms with van der Waals surface area (Å²) >= 11 is 12.1. The number of aromatic nitrogens is 2. The second-order valence-electron chi connectivity index (χ2n) is 7.60. The van der Waals surface area contributed by atoms with Gasteiger partial charge in [-0.25, -0.2) is 0 Å². The van der Waals surface area contributed by atoms with E-state index in [0.717, 1.165) is 33.7 Å². The van der Waals surface area contributed by atoms with E-state index in [0.29, 0.717) is 22.3 Å². The topological polar surface area (TPSA) is 58.2 Å². The first kappa shape index (κ1) is 20.6. The molecule has 32 heavy (non-hydrogen) atoms. The van der Waals surface area contributed by atoms with Crippen LogP contribution in [-0.2, 0) is 6.54 Å². The summed E-state index contributed by atoms with van der Waals surface area (Å²) in [5.74, 6) is 0.663. The molecule has 2 heterocycles. The van der Waals surface area contributed by atoms with Crippen LogP contribution in [0.3, 0.4) is 0 Å². The van der Waals surface area contributed by atoms with Crippen LogP contribution in [0.15, 0.2) is 72.8 Å². The van der Waals surface area contributed by atoms with Gasteiger partial charge in [0.15, 0.2) is 0 Å². The molecule has 0 spiro atoms. The van der Waals surface area contributed by atoms with Gasteiger partial charge in [0.25, 0.3) is 5.91 Å². The number of amides is 1. The fourth-order valence-electron chi connectivity index (χ4n) is 4.11. The van der Waals surface area contributed by atoms with Crippen LogP contribution < -0.4 is 4.74 Å². The monoisotopic (exact) mass is 463 g/mol. The van der Waals surface area contributed by atoms with Gasteiger partial charge >= 0.3 is 0 Å². The molecule has 1 unspecified atom stereocenters. The number of halogens is 2. The lowest BCUT2D eigenvalue weighted by atomic mass is 9.96. The van der Waals surface area contributed by atoms with Gasteiger partial charge in [0.05, 0.1) is 18.8 Å². The number of hydrogen-bond donors (Lipinski definition) is 1. The van der Waals surface area contributed by atoms with E-state index >= 15 is 0 Å². The van der Waals surface area contributed by atoms with Crippen LogP contribution in [0.4, 0.5) is 0 Å². The van der Waals surface area contributed by atoms with Gasteiger partial charge in [0.2, 0.25) is 0 Å². The van der Waals surface area contributed by atoms with E-state index in [4.69, 9.17) is 27.9 Å². The second-order valence-corrected chi connectivity index (χ2v) is 8.48. The van der Waals surface area contributed by atoms with Gasteiger partial charge in [-0.15, -0.1) is 0 Å². The van der Waals surface area contributed by atoms with E-state index in [1.807, 2.05) is 77.7 Å². The number of ether oxygens (including phenoxy) is 1. The molecule has 7 heteroatoms. The lowest BCUT2D eigenvalue weighted by Gasteiger charge is -2.26. The molecule has 3 aromatic carbocycles. The summed E-state index contributed by atoms with van der Waals surface area (Å²) in [5, 5.41) is 8.78. The van der Waals surface area contributed by atoms with Gasteiger partial charge in [0.1, 0.15) is 11.4 Å². The number of methoxy groups -OCH3 is 1. The lowest BCUT2D eigenvalue weighted by molar-refractivity contribution is 0.0730. The van der Waals surface area contributed by atoms with Crippen molar-refractivity contribution in [3.8, 4) is 17.0 Å². The smallest absolute Gasteiger partial charge is 0.273 e. The van der Waals surface area contributed by atoms with Crippen LogP contribution >= 0.6 is 23.2 Å². The van der Waals surface area contributed by atoms with Gasteiger partial charge in [0, 0.05) is 27.7 Å². The maximum atomic E-state index is 13.5. The fraction of sp³-hybridized carbons (Fsp3) is 0.120. The quantitative estimate of drug-likeness (QED) is 0.386. The van der Waals surface area contributed by atoms with Crippen LogP contribution in [-0.4, -0.2) is 28.1 Å². The molecule has 0 saturated carbocycles. The average Bonchev–Trinajstić information content (AvgIpc) is 3.35. The van der Waals surface area contributed by atoms with E-state index in [9.17, 15) is 4.79 Å². The summed E-state index contributed by atoms with van der Waals surface area (Å²) < 4.78 is 5.32. The third kappa shape index (κ3) is 3.64. The van der Waals surface area contributed by atoms with Crippen molar-refractivity contribution in [2.75, 3.05) is 7.11 Å². The van der Waals surface area contributed by atoms with Crippen molar-refractivity contribution in [3.05, 3.63) is 105 Å². The molecule has 160 valence electrons. The highest BCUT2D eigenvalue weighted by Crippen LogP contribution is 2.43. The molecule has 0 aliphatic carbocycles. The van der Waals surface area contributed by atoms with Gasteiger partial charge in [-0.3, -0.25) is 9.89 Å². The minimum Gasteiger partial charge on any atom is -0.497 e. The lowest BCUT2D eigenvalue weighted by Crippen LogP contribution is -2.29. The third-order valence-corrected chi connectivity index (χ3v) is 6.18. The van der Waals surface area contributed by atoms with Crippen LogP contribution in [0.1, 0.15) is 33.2 Å². The van der Waals surface area contributed by atoms with Crippen LogP contribution in [0.25, 0.3) is 11.3 Å². The number of carbonyl (C=O) groups excluding carboxylic acids is 1. The Balaban J connectivity index is 1.62. The molecule has 0 fully saturated rings. The van der Waals surface area contributed by atoms with Crippen LogP contribution in [0.5, 0.6) is 5.75 Å². The molecule has 1 amide bonds. The first-order valence-corrected chi connectivity index (χ1v) is 10.8. The number of rotatable bonds is 5. The van der Waals surface area contributed by atoms with Gasteiger partial charge in [-0.2, -0.15) is 5.10 Å². The van der Waals surface area contributed by atoms with E-state index in [-0.39, 0.29) is 11.9 Å². The zero-order valence-corrected chi connectivity index (χ0v) is 18.7. The maximum Gasteiger partial charge on any atom is 0.273 e. The zero-order chi connectivity index (χ0) is 22.2. The molecule has 0 bridgehead atoms. The van der Waals surface area contributed by atoms with E-state index in [1.165, 1.54) is 0 Å². The minimum absolute atomic E-state index is 0.0940. The number of nitrogens with zero attached hydrogens (tertiary/aromatic N) is 2. The SMILES string of the molecule is COc1ccc(C2c3c(-c4ccc(Cl)cc4)n[nH]c3C(=O)N2Cc2ccc(Cl)cc2)cc1. The maximum absolute atomic E-state index is 13.5. The van der Waals surface area contributed by atoms with E-state index < -0.39 is 0 Å². The van der Waals surface area contributed by atoms with Gasteiger partial charge in [-0.05, 0) is 47.5 Å². The normalized spacial score (nSPS) is 15.2. The highest BCUT2D eigenvalue weighted by Gasteiger charge is 2.42. The molecular formula is C25H19Cl2N3O2. The Morgan fingerprint density at radius 2 is 1.56 bits per heavy atom.